The molecule has 2 aliphatic rings. The van der Waals surface area contributed by atoms with E-state index in [0.717, 1.165) is 19.1 Å². The smallest absolute Gasteiger partial charge is 0.0726 e. The van der Waals surface area contributed by atoms with Crippen molar-refractivity contribution in [2.24, 2.45) is 5.92 Å². The van der Waals surface area contributed by atoms with Crippen molar-refractivity contribution in [3.63, 3.8) is 0 Å². The van der Waals surface area contributed by atoms with Crippen LogP contribution in [0.1, 0.15) is 46.0 Å². The quantitative estimate of drug-likeness (QED) is 0.683. The van der Waals surface area contributed by atoms with Crippen LogP contribution in [0.4, 0.5) is 0 Å². The Morgan fingerprint density at radius 2 is 2.11 bits per heavy atom. The van der Waals surface area contributed by atoms with Crippen molar-refractivity contribution in [3.8, 4) is 0 Å². The molecule has 0 radical (unpaired) electrons. The number of hydrogen-bond acceptors (Lipinski definition) is 3. The average molecular weight is 254 g/mol. The molecule has 0 amide bonds. The van der Waals surface area contributed by atoms with Crippen molar-refractivity contribution >= 4 is 0 Å². The van der Waals surface area contributed by atoms with Gasteiger partial charge in [0.25, 0.3) is 0 Å². The summed E-state index contributed by atoms with van der Waals surface area (Å²) in [7, 11) is 0. The molecule has 1 saturated carbocycles. The van der Waals surface area contributed by atoms with E-state index in [1.807, 2.05) is 0 Å². The highest BCUT2D eigenvalue weighted by Crippen LogP contribution is 2.29. The lowest BCUT2D eigenvalue weighted by Crippen LogP contribution is -2.42. The Kier molecular flexibility index (Phi) is 5.93. The highest BCUT2D eigenvalue weighted by atomic mass is 16.5. The molecule has 1 aliphatic carbocycles. The second-order valence-corrected chi connectivity index (χ2v) is 6.04. The van der Waals surface area contributed by atoms with Crippen LogP contribution < -0.4 is 5.32 Å². The minimum absolute atomic E-state index is 0.452. The molecule has 0 aromatic heterocycles. The Labute approximate surface area is 112 Å². The molecule has 1 saturated heterocycles. The fourth-order valence-electron chi connectivity index (χ4n) is 2.85. The molecule has 2 unspecified atom stereocenters. The van der Waals surface area contributed by atoms with Gasteiger partial charge in [-0.15, -0.1) is 0 Å². The number of nitrogens with zero attached hydrogens (tertiary/aromatic N) is 1. The molecule has 0 aromatic carbocycles. The van der Waals surface area contributed by atoms with Crippen LogP contribution in [0.5, 0.6) is 0 Å². The molecule has 1 aliphatic heterocycles. The first kappa shape index (κ1) is 14.3. The van der Waals surface area contributed by atoms with E-state index in [2.05, 4.69) is 24.1 Å². The van der Waals surface area contributed by atoms with E-state index in [-0.39, 0.29) is 0 Å². The van der Waals surface area contributed by atoms with E-state index < -0.39 is 0 Å². The standard InChI is InChI=1S/C15H30N2O/c1-3-9-17(12-14-6-7-14)10-8-16-13(2)15-5-4-11-18-15/h13-16H,3-12H2,1-2H3. The fourth-order valence-corrected chi connectivity index (χ4v) is 2.85. The molecule has 106 valence electrons. The molecule has 0 spiro atoms. The van der Waals surface area contributed by atoms with E-state index in [1.54, 1.807) is 0 Å². The molecular weight excluding hydrogens is 224 g/mol. The van der Waals surface area contributed by atoms with Gasteiger partial charge in [0.1, 0.15) is 0 Å². The lowest BCUT2D eigenvalue weighted by atomic mass is 10.1. The molecule has 2 rings (SSSR count). The topological polar surface area (TPSA) is 24.5 Å². The van der Waals surface area contributed by atoms with Crippen molar-refractivity contribution in [1.82, 2.24) is 10.2 Å². The van der Waals surface area contributed by atoms with Crippen LogP contribution >= 0.6 is 0 Å². The second kappa shape index (κ2) is 7.46. The predicted molar refractivity (Wildman–Crippen MR) is 75.9 cm³/mol. The number of rotatable bonds is 9. The van der Waals surface area contributed by atoms with Gasteiger partial charge in [-0.05, 0) is 51.5 Å². The Morgan fingerprint density at radius 3 is 2.72 bits per heavy atom. The van der Waals surface area contributed by atoms with Gasteiger partial charge in [-0.2, -0.15) is 0 Å². The summed E-state index contributed by atoms with van der Waals surface area (Å²) >= 11 is 0. The van der Waals surface area contributed by atoms with Gasteiger partial charge in [0.15, 0.2) is 0 Å². The minimum atomic E-state index is 0.452. The molecule has 2 fully saturated rings. The summed E-state index contributed by atoms with van der Waals surface area (Å²) < 4.78 is 5.72. The second-order valence-electron chi connectivity index (χ2n) is 6.04. The van der Waals surface area contributed by atoms with Crippen molar-refractivity contribution in [2.75, 3.05) is 32.8 Å². The third-order valence-corrected chi connectivity index (χ3v) is 4.17. The van der Waals surface area contributed by atoms with E-state index >= 15 is 0 Å². The summed E-state index contributed by atoms with van der Waals surface area (Å²) in [6.45, 7) is 10.4. The molecule has 2 atom stereocenters. The van der Waals surface area contributed by atoms with Crippen molar-refractivity contribution in [2.45, 2.75) is 58.1 Å². The van der Waals surface area contributed by atoms with Gasteiger partial charge in [-0.3, -0.25) is 0 Å². The van der Waals surface area contributed by atoms with E-state index in [0.29, 0.717) is 12.1 Å². The van der Waals surface area contributed by atoms with Crippen LogP contribution in [0, 0.1) is 5.92 Å². The maximum Gasteiger partial charge on any atom is 0.0726 e. The Bertz CT molecular complexity index is 225. The van der Waals surface area contributed by atoms with Gasteiger partial charge in [0.05, 0.1) is 6.10 Å². The SMILES string of the molecule is CCCN(CCNC(C)C1CCCO1)CC1CC1. The highest BCUT2D eigenvalue weighted by Gasteiger charge is 2.24. The van der Waals surface area contributed by atoms with Gasteiger partial charge >= 0.3 is 0 Å². The first-order valence-electron chi connectivity index (χ1n) is 7.87. The molecule has 1 N–H and O–H groups in total. The molecular formula is C15H30N2O. The van der Waals surface area contributed by atoms with Crippen LogP contribution in [0.15, 0.2) is 0 Å². The lowest BCUT2D eigenvalue weighted by molar-refractivity contribution is 0.0825. The third-order valence-electron chi connectivity index (χ3n) is 4.17. The fraction of sp³-hybridized carbons (Fsp3) is 1.00. The predicted octanol–water partition coefficient (Wildman–Crippen LogP) is 2.27. The summed E-state index contributed by atoms with van der Waals surface area (Å²) in [4.78, 5) is 2.63. The molecule has 18 heavy (non-hydrogen) atoms. The largest absolute Gasteiger partial charge is 0.377 e. The highest BCUT2D eigenvalue weighted by molar-refractivity contribution is 4.79. The van der Waals surface area contributed by atoms with Crippen LogP contribution in [0.25, 0.3) is 0 Å². The van der Waals surface area contributed by atoms with Crippen molar-refractivity contribution in [3.05, 3.63) is 0 Å². The Hall–Kier alpha value is -0.120. The summed E-state index contributed by atoms with van der Waals surface area (Å²) in [5, 5.41) is 3.64. The monoisotopic (exact) mass is 254 g/mol. The van der Waals surface area contributed by atoms with E-state index in [9.17, 15) is 0 Å². The van der Waals surface area contributed by atoms with Gasteiger partial charge in [0, 0.05) is 32.3 Å². The molecule has 1 heterocycles. The summed E-state index contributed by atoms with van der Waals surface area (Å²) in [6.07, 6.45) is 7.11. The third kappa shape index (κ3) is 4.87. The van der Waals surface area contributed by atoms with Crippen LogP contribution in [0.2, 0.25) is 0 Å². The van der Waals surface area contributed by atoms with Crippen molar-refractivity contribution in [1.29, 1.82) is 0 Å². The van der Waals surface area contributed by atoms with Crippen molar-refractivity contribution < 1.29 is 4.74 Å². The van der Waals surface area contributed by atoms with Gasteiger partial charge in [-0.1, -0.05) is 6.92 Å². The Balaban J connectivity index is 1.58. The molecule has 3 nitrogen and oxygen atoms in total. The first-order valence-corrected chi connectivity index (χ1v) is 7.87. The minimum Gasteiger partial charge on any atom is -0.377 e. The molecule has 3 heteroatoms. The van der Waals surface area contributed by atoms with Crippen LogP contribution in [0.3, 0.4) is 0 Å². The number of nitrogens with one attached hydrogen (secondary N) is 1. The molecule has 0 bridgehead atoms. The Morgan fingerprint density at radius 1 is 1.28 bits per heavy atom. The van der Waals surface area contributed by atoms with Crippen LogP contribution in [-0.4, -0.2) is 49.8 Å². The normalized spacial score (nSPS) is 25.8. The lowest BCUT2D eigenvalue weighted by Gasteiger charge is -2.25. The van der Waals surface area contributed by atoms with Crippen LogP contribution in [-0.2, 0) is 4.74 Å². The average Bonchev–Trinajstić information content (AvgIpc) is 3.00. The number of hydrogen-bond donors (Lipinski definition) is 1. The maximum atomic E-state index is 5.72. The molecule has 0 aromatic rings. The number of ether oxygens (including phenoxy) is 1. The first-order chi connectivity index (χ1) is 8.79. The van der Waals surface area contributed by atoms with Gasteiger partial charge in [-0.25, -0.2) is 0 Å². The summed E-state index contributed by atoms with van der Waals surface area (Å²) in [5.41, 5.74) is 0. The zero-order chi connectivity index (χ0) is 12.8. The zero-order valence-corrected chi connectivity index (χ0v) is 12.2. The maximum absolute atomic E-state index is 5.72. The zero-order valence-electron chi connectivity index (χ0n) is 12.2. The summed E-state index contributed by atoms with van der Waals surface area (Å²) in [6, 6.07) is 0.511. The van der Waals surface area contributed by atoms with E-state index in [1.165, 1.54) is 51.7 Å². The van der Waals surface area contributed by atoms with E-state index in [4.69, 9.17) is 4.74 Å². The summed E-state index contributed by atoms with van der Waals surface area (Å²) in [5.74, 6) is 1.01. The van der Waals surface area contributed by atoms with Gasteiger partial charge < -0.3 is 15.0 Å². The van der Waals surface area contributed by atoms with Gasteiger partial charge in [0.2, 0.25) is 0 Å².